The van der Waals surface area contributed by atoms with Crippen LogP contribution in [0.25, 0.3) is 0 Å². The van der Waals surface area contributed by atoms with Crippen molar-refractivity contribution in [2.75, 3.05) is 0 Å². The summed E-state index contributed by atoms with van der Waals surface area (Å²) in [5.74, 6) is 0.591. The van der Waals surface area contributed by atoms with Crippen molar-refractivity contribution in [3.8, 4) is 0 Å². The summed E-state index contributed by atoms with van der Waals surface area (Å²) >= 11 is 0. The molecule has 1 aromatic carbocycles. The number of rotatable bonds is 1. The molecule has 0 unspecified atom stereocenters. The molecule has 0 saturated carbocycles. The molecule has 2 heterocycles. The van der Waals surface area contributed by atoms with Crippen molar-refractivity contribution in [1.29, 1.82) is 0 Å². The van der Waals surface area contributed by atoms with Crippen LogP contribution in [0.4, 0.5) is 5.69 Å². The van der Waals surface area contributed by atoms with Gasteiger partial charge in [-0.15, -0.1) is 0 Å². The number of carbonyl (C=O) groups is 1. The van der Waals surface area contributed by atoms with Gasteiger partial charge in [0.1, 0.15) is 0 Å². The summed E-state index contributed by atoms with van der Waals surface area (Å²) < 4.78 is 0. The average molecular weight is 223 g/mol. The molecule has 1 aromatic heterocycles. The summed E-state index contributed by atoms with van der Waals surface area (Å²) in [7, 11) is 0. The van der Waals surface area contributed by atoms with E-state index in [-0.39, 0.29) is 12.2 Å². The molecular formula is C13H9N3O. The third-order valence-corrected chi connectivity index (χ3v) is 2.61. The highest BCUT2D eigenvalue weighted by molar-refractivity contribution is 6.19. The highest BCUT2D eigenvalue weighted by Crippen LogP contribution is 2.26. The summed E-state index contributed by atoms with van der Waals surface area (Å²) in [6.45, 7) is 0. The number of para-hydroxylation sites is 1. The van der Waals surface area contributed by atoms with Crippen molar-refractivity contribution in [3.63, 3.8) is 0 Å². The number of Topliss-reactive ketones (excluding diaryl/α,β-unsaturated/α-hetero) is 1. The number of benzene rings is 1. The molecule has 4 heteroatoms. The topological polar surface area (TPSA) is 55.2 Å². The van der Waals surface area contributed by atoms with Gasteiger partial charge in [0.15, 0.2) is 11.6 Å². The number of ketones is 1. The summed E-state index contributed by atoms with van der Waals surface area (Å²) in [5.41, 5.74) is 2.01. The van der Waals surface area contributed by atoms with E-state index in [1.54, 1.807) is 24.5 Å². The van der Waals surface area contributed by atoms with E-state index >= 15 is 0 Å². The second-order valence-corrected chi connectivity index (χ2v) is 3.75. The molecule has 0 aliphatic carbocycles. The third-order valence-electron chi connectivity index (χ3n) is 2.61. The van der Waals surface area contributed by atoms with Crippen molar-refractivity contribution >= 4 is 17.2 Å². The molecule has 0 N–H and O–H groups in total. The molecule has 0 radical (unpaired) electrons. The molecule has 1 aliphatic heterocycles. The molecule has 2 aromatic rings. The SMILES string of the molecule is O=C1CC(c2ncccn2)=Nc2ccccc21. The molecular weight excluding hydrogens is 214 g/mol. The van der Waals surface area contributed by atoms with E-state index in [4.69, 9.17) is 0 Å². The van der Waals surface area contributed by atoms with E-state index in [2.05, 4.69) is 15.0 Å². The minimum atomic E-state index is 0.0676. The standard InChI is InChI=1S/C13H9N3O/c17-12-8-11(13-14-6-3-7-15-13)16-10-5-2-1-4-9(10)12/h1-7H,8H2. The average Bonchev–Trinajstić information content (AvgIpc) is 2.40. The van der Waals surface area contributed by atoms with Gasteiger partial charge in [-0.2, -0.15) is 0 Å². The minimum absolute atomic E-state index is 0.0676. The third kappa shape index (κ3) is 1.73. The van der Waals surface area contributed by atoms with Crippen LogP contribution in [0.2, 0.25) is 0 Å². The highest BCUT2D eigenvalue weighted by atomic mass is 16.1. The number of nitrogens with zero attached hydrogens (tertiary/aromatic N) is 3. The summed E-state index contributed by atoms with van der Waals surface area (Å²) in [4.78, 5) is 24.6. The lowest BCUT2D eigenvalue weighted by molar-refractivity contribution is 0.1000. The Hall–Kier alpha value is -2.36. The number of aliphatic imine (C=N–C) groups is 1. The molecule has 0 spiro atoms. The van der Waals surface area contributed by atoms with Gasteiger partial charge in [-0.3, -0.25) is 4.79 Å². The Bertz CT molecular complexity index is 605. The van der Waals surface area contributed by atoms with Crippen molar-refractivity contribution in [2.45, 2.75) is 6.42 Å². The Kier molecular flexibility index (Phi) is 2.26. The molecule has 3 rings (SSSR count). The maximum Gasteiger partial charge on any atom is 0.174 e. The molecule has 4 nitrogen and oxygen atoms in total. The van der Waals surface area contributed by atoms with Crippen molar-refractivity contribution in [3.05, 3.63) is 54.1 Å². The number of hydrogen-bond donors (Lipinski definition) is 0. The first-order valence-electron chi connectivity index (χ1n) is 5.32. The van der Waals surface area contributed by atoms with Gasteiger partial charge in [0.25, 0.3) is 0 Å². The van der Waals surface area contributed by atoms with Crippen LogP contribution in [0, 0.1) is 0 Å². The van der Waals surface area contributed by atoms with Gasteiger partial charge in [0.2, 0.25) is 0 Å². The van der Waals surface area contributed by atoms with E-state index < -0.39 is 0 Å². The Labute approximate surface area is 98.1 Å². The van der Waals surface area contributed by atoms with Gasteiger partial charge in [0.05, 0.1) is 17.8 Å². The lowest BCUT2D eigenvalue weighted by Crippen LogP contribution is -2.16. The quantitative estimate of drug-likeness (QED) is 0.744. The van der Waals surface area contributed by atoms with Crippen LogP contribution in [0.1, 0.15) is 22.6 Å². The first-order chi connectivity index (χ1) is 8.34. The van der Waals surface area contributed by atoms with Crippen LogP contribution < -0.4 is 0 Å². The molecule has 1 aliphatic rings. The van der Waals surface area contributed by atoms with E-state index in [0.29, 0.717) is 22.8 Å². The molecule has 17 heavy (non-hydrogen) atoms. The fraction of sp³-hybridized carbons (Fsp3) is 0.0769. The van der Waals surface area contributed by atoms with Crippen LogP contribution in [0.5, 0.6) is 0 Å². The second kappa shape index (κ2) is 3.90. The van der Waals surface area contributed by atoms with Gasteiger partial charge >= 0.3 is 0 Å². The predicted molar refractivity (Wildman–Crippen MR) is 63.6 cm³/mol. The molecule has 0 amide bonds. The zero-order valence-electron chi connectivity index (χ0n) is 9.00. The van der Waals surface area contributed by atoms with Crippen LogP contribution in [-0.4, -0.2) is 21.5 Å². The van der Waals surface area contributed by atoms with Crippen molar-refractivity contribution < 1.29 is 4.79 Å². The zero-order chi connectivity index (χ0) is 11.7. The Morgan fingerprint density at radius 3 is 2.59 bits per heavy atom. The van der Waals surface area contributed by atoms with Gasteiger partial charge in [-0.05, 0) is 18.2 Å². The van der Waals surface area contributed by atoms with Crippen molar-refractivity contribution in [2.24, 2.45) is 4.99 Å². The van der Waals surface area contributed by atoms with E-state index in [0.717, 1.165) is 0 Å². The Balaban J connectivity index is 2.11. The number of fused-ring (bicyclic) bond motifs is 1. The largest absolute Gasteiger partial charge is 0.294 e. The first kappa shape index (κ1) is 9.84. The number of aromatic nitrogens is 2. The Morgan fingerprint density at radius 2 is 1.76 bits per heavy atom. The van der Waals surface area contributed by atoms with Gasteiger partial charge in [0, 0.05) is 18.0 Å². The maximum absolute atomic E-state index is 11.9. The normalized spacial score (nSPS) is 14.1. The smallest absolute Gasteiger partial charge is 0.174 e. The fourth-order valence-electron chi connectivity index (χ4n) is 1.82. The van der Waals surface area contributed by atoms with E-state index in [1.807, 2.05) is 18.2 Å². The van der Waals surface area contributed by atoms with Gasteiger partial charge in [-0.25, -0.2) is 15.0 Å². The lowest BCUT2D eigenvalue weighted by Gasteiger charge is -2.12. The van der Waals surface area contributed by atoms with Crippen LogP contribution in [-0.2, 0) is 0 Å². The number of hydrogen-bond acceptors (Lipinski definition) is 4. The molecule has 0 saturated heterocycles. The van der Waals surface area contributed by atoms with E-state index in [1.165, 1.54) is 0 Å². The van der Waals surface area contributed by atoms with Gasteiger partial charge in [-0.1, -0.05) is 12.1 Å². The monoisotopic (exact) mass is 223 g/mol. The van der Waals surface area contributed by atoms with Crippen molar-refractivity contribution in [1.82, 2.24) is 9.97 Å². The van der Waals surface area contributed by atoms with Crippen LogP contribution >= 0.6 is 0 Å². The maximum atomic E-state index is 11.9. The fourth-order valence-corrected chi connectivity index (χ4v) is 1.82. The Morgan fingerprint density at radius 1 is 1.00 bits per heavy atom. The van der Waals surface area contributed by atoms with E-state index in [9.17, 15) is 4.79 Å². The lowest BCUT2D eigenvalue weighted by atomic mass is 10.00. The summed E-state index contributed by atoms with van der Waals surface area (Å²) in [6, 6.07) is 9.07. The predicted octanol–water partition coefficient (Wildman–Crippen LogP) is 2.18. The van der Waals surface area contributed by atoms with Crippen LogP contribution in [0.15, 0.2) is 47.7 Å². The molecule has 0 atom stereocenters. The molecule has 0 bridgehead atoms. The zero-order valence-corrected chi connectivity index (χ0v) is 9.00. The molecule has 0 fully saturated rings. The first-order valence-corrected chi connectivity index (χ1v) is 5.32. The number of carbonyl (C=O) groups excluding carboxylic acids is 1. The minimum Gasteiger partial charge on any atom is -0.294 e. The second-order valence-electron chi connectivity index (χ2n) is 3.75. The summed E-state index contributed by atoms with van der Waals surface area (Å²) in [6.07, 6.45) is 3.56. The van der Waals surface area contributed by atoms with Crippen LogP contribution in [0.3, 0.4) is 0 Å². The summed E-state index contributed by atoms with van der Waals surface area (Å²) in [5, 5.41) is 0. The van der Waals surface area contributed by atoms with Gasteiger partial charge < -0.3 is 0 Å². The molecule has 82 valence electrons. The highest BCUT2D eigenvalue weighted by Gasteiger charge is 2.21.